The van der Waals surface area contributed by atoms with E-state index in [2.05, 4.69) is 15.3 Å². The number of benzene rings is 2. The first-order valence-electron chi connectivity index (χ1n) is 7.40. The average Bonchev–Trinajstić information content (AvgIpc) is 2.53. The third kappa shape index (κ3) is 2.92. The Morgan fingerprint density at radius 2 is 1.82 bits per heavy atom. The lowest BCUT2D eigenvalue weighted by Gasteiger charge is -2.13. The summed E-state index contributed by atoms with van der Waals surface area (Å²) in [6, 6.07) is 15.9. The molecule has 0 aliphatic rings. The van der Waals surface area contributed by atoms with Crippen molar-refractivity contribution in [3.63, 3.8) is 0 Å². The SMILES string of the molecule is Cc1cccc2nc(-c3ccccc3)nc(NC[C@@H](C)O)c12. The molecule has 0 saturated heterocycles. The molecule has 0 aliphatic carbocycles. The second-order valence-electron chi connectivity index (χ2n) is 5.46. The van der Waals surface area contributed by atoms with Gasteiger partial charge in [-0.15, -0.1) is 0 Å². The topological polar surface area (TPSA) is 58.0 Å². The lowest BCUT2D eigenvalue weighted by molar-refractivity contribution is 0.208. The number of nitrogens with one attached hydrogen (secondary N) is 1. The van der Waals surface area contributed by atoms with Crippen molar-refractivity contribution in [2.24, 2.45) is 0 Å². The number of anilines is 1. The molecule has 0 bridgehead atoms. The Labute approximate surface area is 129 Å². The molecule has 22 heavy (non-hydrogen) atoms. The molecule has 0 fully saturated rings. The molecular weight excluding hydrogens is 274 g/mol. The van der Waals surface area contributed by atoms with E-state index in [-0.39, 0.29) is 0 Å². The average molecular weight is 293 g/mol. The first kappa shape index (κ1) is 14.5. The molecule has 0 aliphatic heterocycles. The third-order valence-corrected chi connectivity index (χ3v) is 3.53. The van der Waals surface area contributed by atoms with Gasteiger partial charge in [-0.25, -0.2) is 9.97 Å². The fourth-order valence-corrected chi connectivity index (χ4v) is 2.44. The zero-order chi connectivity index (χ0) is 15.5. The summed E-state index contributed by atoms with van der Waals surface area (Å²) in [4.78, 5) is 9.35. The summed E-state index contributed by atoms with van der Waals surface area (Å²) in [5, 5.41) is 13.8. The van der Waals surface area contributed by atoms with Gasteiger partial charge in [0.15, 0.2) is 5.82 Å². The van der Waals surface area contributed by atoms with Crippen molar-refractivity contribution in [3.8, 4) is 11.4 Å². The summed E-state index contributed by atoms with van der Waals surface area (Å²) in [6.45, 7) is 4.25. The maximum Gasteiger partial charge on any atom is 0.162 e. The van der Waals surface area contributed by atoms with Gasteiger partial charge in [-0.3, -0.25) is 0 Å². The van der Waals surface area contributed by atoms with Crippen molar-refractivity contribution in [2.45, 2.75) is 20.0 Å². The molecule has 0 radical (unpaired) electrons. The molecule has 4 nitrogen and oxygen atoms in total. The van der Waals surface area contributed by atoms with Crippen LogP contribution in [0.25, 0.3) is 22.3 Å². The molecule has 3 aromatic rings. The van der Waals surface area contributed by atoms with Crippen LogP contribution in [0.5, 0.6) is 0 Å². The Hall–Kier alpha value is -2.46. The van der Waals surface area contributed by atoms with E-state index in [4.69, 9.17) is 0 Å². The van der Waals surface area contributed by atoms with E-state index in [1.807, 2.05) is 55.5 Å². The smallest absolute Gasteiger partial charge is 0.162 e. The normalized spacial score (nSPS) is 12.3. The van der Waals surface area contributed by atoms with Crippen LogP contribution < -0.4 is 5.32 Å². The quantitative estimate of drug-likeness (QED) is 0.774. The van der Waals surface area contributed by atoms with E-state index in [1.165, 1.54) is 0 Å². The van der Waals surface area contributed by atoms with Gasteiger partial charge in [0.1, 0.15) is 5.82 Å². The summed E-state index contributed by atoms with van der Waals surface area (Å²) >= 11 is 0. The van der Waals surface area contributed by atoms with Crippen molar-refractivity contribution in [3.05, 3.63) is 54.1 Å². The second kappa shape index (κ2) is 6.12. The number of aryl methyl sites for hydroxylation is 1. The van der Waals surface area contributed by atoms with Crippen LogP contribution in [0.2, 0.25) is 0 Å². The van der Waals surface area contributed by atoms with Crippen LogP contribution in [0.1, 0.15) is 12.5 Å². The highest BCUT2D eigenvalue weighted by atomic mass is 16.3. The maximum atomic E-state index is 9.54. The standard InChI is InChI=1S/C18H19N3O/c1-12-7-6-10-15-16(12)18(19-11-13(2)22)21-17(20-15)14-8-4-3-5-9-14/h3-10,13,22H,11H2,1-2H3,(H,19,20,21)/t13-/m1/s1. The fraction of sp³-hybridized carbons (Fsp3) is 0.222. The molecular formula is C18H19N3O. The van der Waals surface area contributed by atoms with Gasteiger partial charge in [-0.05, 0) is 25.5 Å². The molecule has 0 unspecified atom stereocenters. The van der Waals surface area contributed by atoms with E-state index < -0.39 is 6.10 Å². The molecule has 3 rings (SSSR count). The van der Waals surface area contributed by atoms with Crippen molar-refractivity contribution >= 4 is 16.7 Å². The van der Waals surface area contributed by atoms with Crippen molar-refractivity contribution in [1.82, 2.24) is 9.97 Å². The van der Waals surface area contributed by atoms with Gasteiger partial charge in [-0.1, -0.05) is 42.5 Å². The molecule has 112 valence electrons. The summed E-state index contributed by atoms with van der Waals surface area (Å²) in [6.07, 6.45) is -0.436. The molecule has 4 heteroatoms. The van der Waals surface area contributed by atoms with Gasteiger partial charge in [-0.2, -0.15) is 0 Å². The van der Waals surface area contributed by atoms with Gasteiger partial charge in [0, 0.05) is 17.5 Å². The van der Waals surface area contributed by atoms with Gasteiger partial charge < -0.3 is 10.4 Å². The Morgan fingerprint density at radius 3 is 2.55 bits per heavy atom. The fourth-order valence-electron chi connectivity index (χ4n) is 2.44. The van der Waals surface area contributed by atoms with Gasteiger partial charge >= 0.3 is 0 Å². The minimum Gasteiger partial charge on any atom is -0.392 e. The van der Waals surface area contributed by atoms with Gasteiger partial charge in [0.25, 0.3) is 0 Å². The zero-order valence-corrected chi connectivity index (χ0v) is 12.7. The first-order valence-corrected chi connectivity index (χ1v) is 7.40. The third-order valence-electron chi connectivity index (χ3n) is 3.53. The van der Waals surface area contributed by atoms with Crippen LogP contribution in [-0.2, 0) is 0 Å². The Kier molecular flexibility index (Phi) is 4.02. The Morgan fingerprint density at radius 1 is 1.05 bits per heavy atom. The lowest BCUT2D eigenvalue weighted by atomic mass is 10.1. The predicted octanol–water partition coefficient (Wildman–Crippen LogP) is 3.40. The van der Waals surface area contributed by atoms with Crippen molar-refractivity contribution in [1.29, 1.82) is 0 Å². The number of fused-ring (bicyclic) bond motifs is 1. The summed E-state index contributed by atoms with van der Waals surface area (Å²) in [5.74, 6) is 1.45. The van der Waals surface area contributed by atoms with Gasteiger partial charge in [0.05, 0.1) is 11.6 Å². The van der Waals surface area contributed by atoms with E-state index in [1.54, 1.807) is 6.92 Å². The number of hydrogen-bond donors (Lipinski definition) is 2. The van der Waals surface area contributed by atoms with Crippen molar-refractivity contribution < 1.29 is 5.11 Å². The molecule has 1 heterocycles. The van der Waals surface area contributed by atoms with E-state index in [0.717, 1.165) is 27.8 Å². The molecule has 1 aromatic heterocycles. The summed E-state index contributed by atoms with van der Waals surface area (Å²) in [5.41, 5.74) is 3.00. The highest BCUT2D eigenvalue weighted by Crippen LogP contribution is 2.27. The molecule has 0 spiro atoms. The van der Waals surface area contributed by atoms with Gasteiger partial charge in [0.2, 0.25) is 0 Å². The summed E-state index contributed by atoms with van der Waals surface area (Å²) < 4.78 is 0. The number of aliphatic hydroxyl groups excluding tert-OH is 1. The van der Waals surface area contributed by atoms with Crippen LogP contribution in [0.4, 0.5) is 5.82 Å². The molecule has 0 amide bonds. The minimum atomic E-state index is -0.436. The zero-order valence-electron chi connectivity index (χ0n) is 12.7. The Bertz CT molecular complexity index is 785. The van der Waals surface area contributed by atoms with Crippen LogP contribution in [0, 0.1) is 6.92 Å². The minimum absolute atomic E-state index is 0.436. The molecule has 1 atom stereocenters. The Balaban J connectivity index is 2.16. The monoisotopic (exact) mass is 293 g/mol. The largest absolute Gasteiger partial charge is 0.392 e. The number of aromatic nitrogens is 2. The number of rotatable bonds is 4. The molecule has 0 saturated carbocycles. The molecule has 2 aromatic carbocycles. The highest BCUT2D eigenvalue weighted by molar-refractivity contribution is 5.93. The highest BCUT2D eigenvalue weighted by Gasteiger charge is 2.11. The first-order chi connectivity index (χ1) is 10.6. The lowest BCUT2D eigenvalue weighted by Crippen LogP contribution is -2.16. The van der Waals surface area contributed by atoms with Crippen LogP contribution >= 0.6 is 0 Å². The number of nitrogens with zero attached hydrogens (tertiary/aromatic N) is 2. The van der Waals surface area contributed by atoms with Crippen LogP contribution in [0.3, 0.4) is 0 Å². The summed E-state index contributed by atoms with van der Waals surface area (Å²) in [7, 11) is 0. The maximum absolute atomic E-state index is 9.54. The van der Waals surface area contributed by atoms with E-state index >= 15 is 0 Å². The number of aliphatic hydroxyl groups is 1. The predicted molar refractivity (Wildman–Crippen MR) is 89.9 cm³/mol. The van der Waals surface area contributed by atoms with Crippen LogP contribution in [0.15, 0.2) is 48.5 Å². The van der Waals surface area contributed by atoms with E-state index in [0.29, 0.717) is 12.4 Å². The second-order valence-corrected chi connectivity index (χ2v) is 5.46. The molecule has 2 N–H and O–H groups in total. The number of hydrogen-bond acceptors (Lipinski definition) is 4. The van der Waals surface area contributed by atoms with Crippen LogP contribution in [-0.4, -0.2) is 27.7 Å². The van der Waals surface area contributed by atoms with E-state index in [9.17, 15) is 5.11 Å². The van der Waals surface area contributed by atoms with Crippen molar-refractivity contribution in [2.75, 3.05) is 11.9 Å².